The Labute approximate surface area is 146 Å². The topological polar surface area (TPSA) is 21.6 Å². The molecule has 128 valence electrons. The van der Waals surface area contributed by atoms with Crippen LogP contribution in [0.4, 0.5) is 5.69 Å². The molecule has 2 heteroatoms. The van der Waals surface area contributed by atoms with Gasteiger partial charge in [0.1, 0.15) is 5.75 Å². The van der Waals surface area contributed by atoms with Gasteiger partial charge >= 0.3 is 0 Å². The van der Waals surface area contributed by atoms with Crippen molar-refractivity contribution in [1.29, 1.82) is 0 Å². The monoisotopic (exact) mass is 323 g/mol. The molecule has 0 spiro atoms. The molecule has 0 bridgehead atoms. The summed E-state index contributed by atoms with van der Waals surface area (Å²) < 4.78 is 5.67. The average Bonchev–Trinajstić information content (AvgIpc) is 2.60. The molecule has 0 unspecified atom stereocenters. The third-order valence-corrected chi connectivity index (χ3v) is 3.96. The van der Waals surface area contributed by atoms with E-state index >= 15 is 0 Å². The molecule has 2 nitrogen and oxygen atoms in total. The van der Waals surface area contributed by atoms with Crippen LogP contribution < -0.4 is 4.74 Å². The highest BCUT2D eigenvalue weighted by Gasteiger charge is 1.98. The van der Waals surface area contributed by atoms with Gasteiger partial charge in [0.05, 0.1) is 12.3 Å². The van der Waals surface area contributed by atoms with Crippen molar-refractivity contribution in [1.82, 2.24) is 0 Å². The van der Waals surface area contributed by atoms with Crippen LogP contribution in [0.3, 0.4) is 0 Å². The van der Waals surface area contributed by atoms with Gasteiger partial charge in [0.25, 0.3) is 0 Å². The van der Waals surface area contributed by atoms with Crippen LogP contribution in [-0.2, 0) is 6.42 Å². The molecule has 0 saturated carbocycles. The van der Waals surface area contributed by atoms with Gasteiger partial charge in [0.2, 0.25) is 0 Å². The van der Waals surface area contributed by atoms with Crippen molar-refractivity contribution in [3.05, 3.63) is 59.7 Å². The molecule has 0 fully saturated rings. The Balaban J connectivity index is 1.88. The normalized spacial score (nSPS) is 11.3. The van der Waals surface area contributed by atoms with Crippen LogP contribution in [0.15, 0.2) is 53.5 Å². The fraction of sp³-hybridized carbons (Fsp3) is 0.409. The Morgan fingerprint density at radius 1 is 1.00 bits per heavy atom. The van der Waals surface area contributed by atoms with Gasteiger partial charge in [-0.1, -0.05) is 39.3 Å². The van der Waals surface area contributed by atoms with Crippen molar-refractivity contribution in [2.24, 2.45) is 10.9 Å². The average molecular weight is 323 g/mol. The van der Waals surface area contributed by atoms with Crippen LogP contribution in [0, 0.1) is 5.92 Å². The van der Waals surface area contributed by atoms with Gasteiger partial charge in [0, 0.05) is 6.21 Å². The summed E-state index contributed by atoms with van der Waals surface area (Å²) in [6.07, 6.45) is 6.52. The molecule has 0 aliphatic carbocycles. The molecular formula is C22H29NO. The van der Waals surface area contributed by atoms with Crippen molar-refractivity contribution in [2.45, 2.75) is 46.5 Å². The quantitative estimate of drug-likeness (QED) is 0.397. The first-order valence-corrected chi connectivity index (χ1v) is 9.03. The van der Waals surface area contributed by atoms with Crippen LogP contribution in [0.2, 0.25) is 0 Å². The van der Waals surface area contributed by atoms with E-state index in [0.29, 0.717) is 0 Å². The fourth-order valence-electron chi connectivity index (χ4n) is 2.34. The number of rotatable bonds is 9. The zero-order chi connectivity index (χ0) is 17.2. The maximum Gasteiger partial charge on any atom is 0.119 e. The highest BCUT2D eigenvalue weighted by Crippen LogP contribution is 2.17. The SMILES string of the molecule is CCCCOc1ccc(C=Nc2ccc(CCC(C)C)cc2)cc1. The summed E-state index contributed by atoms with van der Waals surface area (Å²) in [6, 6.07) is 16.6. The second-order valence-corrected chi connectivity index (χ2v) is 6.63. The maximum absolute atomic E-state index is 5.67. The molecule has 24 heavy (non-hydrogen) atoms. The van der Waals surface area contributed by atoms with Crippen molar-refractivity contribution >= 4 is 11.9 Å². The molecule has 0 N–H and O–H groups in total. The second kappa shape index (κ2) is 9.92. The Kier molecular flexibility index (Phi) is 7.54. The number of benzene rings is 2. The summed E-state index contributed by atoms with van der Waals surface area (Å²) in [4.78, 5) is 4.55. The van der Waals surface area contributed by atoms with Gasteiger partial charge in [-0.3, -0.25) is 4.99 Å². The lowest BCUT2D eigenvalue weighted by Crippen LogP contribution is -1.96. The molecule has 0 amide bonds. The Bertz CT molecular complexity index is 611. The molecule has 0 atom stereocenters. The first kappa shape index (κ1) is 18.3. The molecule has 2 aromatic rings. The van der Waals surface area contributed by atoms with Crippen LogP contribution in [-0.4, -0.2) is 12.8 Å². The van der Waals surface area contributed by atoms with Crippen molar-refractivity contribution in [2.75, 3.05) is 6.61 Å². The molecule has 0 aliphatic heterocycles. The number of aryl methyl sites for hydroxylation is 1. The number of aliphatic imine (C=N–C) groups is 1. The Hall–Kier alpha value is -2.09. The standard InChI is InChI=1S/C22H29NO/c1-4-5-16-24-22-14-10-20(11-15-22)17-23-21-12-8-19(9-13-21)7-6-18(2)3/h8-15,17-18H,4-7,16H2,1-3H3. The first-order valence-electron chi connectivity index (χ1n) is 9.03. The zero-order valence-corrected chi connectivity index (χ0v) is 15.2. The van der Waals surface area contributed by atoms with E-state index in [4.69, 9.17) is 4.74 Å². The van der Waals surface area contributed by atoms with Crippen molar-refractivity contribution in [3.63, 3.8) is 0 Å². The van der Waals surface area contributed by atoms with E-state index in [2.05, 4.69) is 50.0 Å². The minimum atomic E-state index is 0.747. The van der Waals surface area contributed by atoms with E-state index in [9.17, 15) is 0 Å². The molecule has 0 heterocycles. The molecule has 0 aliphatic rings. The van der Waals surface area contributed by atoms with Crippen LogP contribution in [0.25, 0.3) is 0 Å². The van der Waals surface area contributed by atoms with Gasteiger partial charge in [-0.15, -0.1) is 0 Å². The van der Waals surface area contributed by atoms with Gasteiger partial charge < -0.3 is 4.74 Å². The molecule has 0 radical (unpaired) electrons. The van der Waals surface area contributed by atoms with E-state index in [1.165, 1.54) is 12.0 Å². The van der Waals surface area contributed by atoms with Gasteiger partial charge in [0.15, 0.2) is 0 Å². The lowest BCUT2D eigenvalue weighted by atomic mass is 10.0. The van der Waals surface area contributed by atoms with Crippen LogP contribution >= 0.6 is 0 Å². The summed E-state index contributed by atoms with van der Waals surface area (Å²) >= 11 is 0. The van der Waals surface area contributed by atoms with Crippen LogP contribution in [0.1, 0.15) is 51.2 Å². The van der Waals surface area contributed by atoms with Crippen molar-refractivity contribution in [3.8, 4) is 5.75 Å². The second-order valence-electron chi connectivity index (χ2n) is 6.63. The highest BCUT2D eigenvalue weighted by molar-refractivity contribution is 5.82. The lowest BCUT2D eigenvalue weighted by Gasteiger charge is -2.05. The number of ether oxygens (including phenoxy) is 1. The maximum atomic E-state index is 5.67. The summed E-state index contributed by atoms with van der Waals surface area (Å²) in [5, 5.41) is 0. The molecule has 2 aromatic carbocycles. The molecule has 0 aromatic heterocycles. The third kappa shape index (κ3) is 6.57. The van der Waals surface area contributed by atoms with Gasteiger partial charge in [-0.05, 0) is 72.7 Å². The summed E-state index contributed by atoms with van der Waals surface area (Å²) in [5.74, 6) is 1.67. The molecule has 0 saturated heterocycles. The predicted molar refractivity (Wildman–Crippen MR) is 104 cm³/mol. The summed E-state index contributed by atoms with van der Waals surface area (Å²) in [7, 11) is 0. The van der Waals surface area contributed by atoms with E-state index in [1.807, 2.05) is 30.5 Å². The fourth-order valence-corrected chi connectivity index (χ4v) is 2.34. The minimum absolute atomic E-state index is 0.747. The molecule has 2 rings (SSSR count). The van der Waals surface area contributed by atoms with Gasteiger partial charge in [-0.25, -0.2) is 0 Å². The smallest absolute Gasteiger partial charge is 0.119 e. The van der Waals surface area contributed by atoms with E-state index < -0.39 is 0 Å². The Morgan fingerprint density at radius 2 is 1.71 bits per heavy atom. The van der Waals surface area contributed by atoms with E-state index in [1.54, 1.807) is 0 Å². The van der Waals surface area contributed by atoms with Gasteiger partial charge in [-0.2, -0.15) is 0 Å². The zero-order valence-electron chi connectivity index (χ0n) is 15.2. The lowest BCUT2D eigenvalue weighted by molar-refractivity contribution is 0.309. The van der Waals surface area contributed by atoms with Crippen LogP contribution in [0.5, 0.6) is 5.75 Å². The first-order chi connectivity index (χ1) is 11.7. The number of nitrogens with zero attached hydrogens (tertiary/aromatic N) is 1. The number of hydrogen-bond acceptors (Lipinski definition) is 2. The highest BCUT2D eigenvalue weighted by atomic mass is 16.5. The Morgan fingerprint density at radius 3 is 2.33 bits per heavy atom. The van der Waals surface area contributed by atoms with E-state index in [0.717, 1.165) is 48.8 Å². The minimum Gasteiger partial charge on any atom is -0.494 e. The largest absolute Gasteiger partial charge is 0.494 e. The number of hydrogen-bond donors (Lipinski definition) is 0. The molecular weight excluding hydrogens is 294 g/mol. The van der Waals surface area contributed by atoms with E-state index in [-0.39, 0.29) is 0 Å². The predicted octanol–water partition coefficient (Wildman–Crippen LogP) is 6.20. The van der Waals surface area contributed by atoms with Crippen molar-refractivity contribution < 1.29 is 4.74 Å². The summed E-state index contributed by atoms with van der Waals surface area (Å²) in [6.45, 7) is 7.48. The summed E-state index contributed by atoms with van der Waals surface area (Å²) in [5.41, 5.74) is 3.46. The third-order valence-electron chi connectivity index (χ3n) is 3.96. The number of unbranched alkanes of at least 4 members (excludes halogenated alkanes) is 1.